The first-order valence-corrected chi connectivity index (χ1v) is 11.6. The van der Waals surface area contributed by atoms with Gasteiger partial charge in [-0.3, -0.25) is 14.9 Å². The number of hydrogen-bond acceptors (Lipinski definition) is 7. The number of amides is 1. The second kappa shape index (κ2) is 10.4. The minimum absolute atomic E-state index is 0.124. The predicted octanol–water partition coefficient (Wildman–Crippen LogP) is 5.25. The van der Waals surface area contributed by atoms with E-state index in [0.29, 0.717) is 34.9 Å². The fourth-order valence-corrected chi connectivity index (χ4v) is 4.51. The Bertz CT molecular complexity index is 1080. The molecule has 9 heteroatoms. The molecule has 0 unspecified atom stereocenters. The topological polar surface area (TPSA) is 111 Å². The van der Waals surface area contributed by atoms with E-state index in [1.807, 2.05) is 30.3 Å². The number of nitro groups is 1. The van der Waals surface area contributed by atoms with Gasteiger partial charge in [-0.05, 0) is 30.0 Å². The maximum absolute atomic E-state index is 12.6. The third-order valence-corrected chi connectivity index (χ3v) is 6.37. The van der Waals surface area contributed by atoms with E-state index in [-0.39, 0.29) is 17.2 Å². The van der Waals surface area contributed by atoms with Gasteiger partial charge in [-0.1, -0.05) is 61.4 Å². The Balaban J connectivity index is 1.43. The van der Waals surface area contributed by atoms with Gasteiger partial charge in [0.15, 0.2) is 0 Å². The van der Waals surface area contributed by atoms with Gasteiger partial charge in [0.05, 0.1) is 4.92 Å². The number of nitrogens with one attached hydrogen (secondary N) is 1. The Morgan fingerprint density at radius 2 is 1.88 bits per heavy atom. The van der Waals surface area contributed by atoms with Crippen molar-refractivity contribution < 1.29 is 14.1 Å². The second-order valence-corrected chi connectivity index (χ2v) is 8.77. The molecule has 0 saturated heterocycles. The Kier molecular flexibility index (Phi) is 7.16. The van der Waals surface area contributed by atoms with Crippen LogP contribution >= 0.6 is 11.8 Å². The molecule has 32 heavy (non-hydrogen) atoms. The molecule has 1 aliphatic rings. The molecule has 1 aliphatic carbocycles. The lowest BCUT2D eigenvalue weighted by Crippen LogP contribution is -2.23. The average molecular weight is 453 g/mol. The highest BCUT2D eigenvalue weighted by Gasteiger charge is 2.22. The number of rotatable bonds is 8. The highest BCUT2D eigenvalue weighted by Crippen LogP contribution is 2.33. The van der Waals surface area contributed by atoms with Gasteiger partial charge in [0, 0.05) is 35.9 Å². The monoisotopic (exact) mass is 452 g/mol. The van der Waals surface area contributed by atoms with Crippen LogP contribution in [0.3, 0.4) is 0 Å². The molecule has 4 rings (SSSR count). The molecule has 1 heterocycles. The normalized spacial score (nSPS) is 14.2. The minimum atomic E-state index is -0.490. The maximum Gasteiger partial charge on any atom is 0.276 e. The molecule has 1 aromatic heterocycles. The summed E-state index contributed by atoms with van der Waals surface area (Å²) in [4.78, 5) is 23.5. The molecule has 0 atom stereocenters. The summed E-state index contributed by atoms with van der Waals surface area (Å²) >= 11 is 1.31. The molecular weight excluding hydrogens is 428 g/mol. The molecule has 1 fully saturated rings. The van der Waals surface area contributed by atoms with Crippen LogP contribution < -0.4 is 5.32 Å². The lowest BCUT2D eigenvalue weighted by Gasteiger charge is -2.17. The van der Waals surface area contributed by atoms with Crippen molar-refractivity contribution in [1.29, 1.82) is 0 Å². The van der Waals surface area contributed by atoms with E-state index in [2.05, 4.69) is 15.5 Å². The Morgan fingerprint density at radius 3 is 2.62 bits per heavy atom. The predicted molar refractivity (Wildman–Crippen MR) is 120 cm³/mol. The van der Waals surface area contributed by atoms with Crippen LogP contribution in [0.25, 0.3) is 0 Å². The highest BCUT2D eigenvalue weighted by atomic mass is 32.2. The van der Waals surface area contributed by atoms with E-state index in [9.17, 15) is 14.9 Å². The standard InChI is InChI=1S/C23H24N4O4S/c28-21(24-14-16-7-3-1-4-8-16)19-11-17(12-20(13-19)27(29)30)15-32-23-26-25-22(31-23)18-9-5-2-6-10-18/h1,3-4,7-8,11-13,18H,2,5-6,9-10,14-15H2,(H,24,28). The van der Waals surface area contributed by atoms with Gasteiger partial charge >= 0.3 is 0 Å². The summed E-state index contributed by atoms with van der Waals surface area (Å²) in [6.07, 6.45) is 5.74. The van der Waals surface area contributed by atoms with Crippen LogP contribution in [0, 0.1) is 10.1 Å². The number of carbonyl (C=O) groups is 1. The number of non-ortho nitro benzene ring substituents is 1. The number of aromatic nitrogens is 2. The number of benzene rings is 2. The SMILES string of the molecule is O=C(NCc1ccccc1)c1cc(CSc2nnc(C3CCCCC3)o2)cc([N+](=O)[O-])c1. The van der Waals surface area contributed by atoms with E-state index in [0.717, 1.165) is 18.4 Å². The van der Waals surface area contributed by atoms with Crippen molar-refractivity contribution in [3.05, 3.63) is 81.2 Å². The number of nitrogens with zero attached hydrogens (tertiary/aromatic N) is 3. The van der Waals surface area contributed by atoms with Gasteiger partial charge in [-0.2, -0.15) is 0 Å². The molecule has 1 amide bonds. The lowest BCUT2D eigenvalue weighted by atomic mass is 9.89. The van der Waals surface area contributed by atoms with Crippen LogP contribution in [0.1, 0.15) is 65.4 Å². The van der Waals surface area contributed by atoms with Crippen LogP contribution in [0.5, 0.6) is 0 Å². The second-order valence-electron chi connectivity index (χ2n) is 7.84. The summed E-state index contributed by atoms with van der Waals surface area (Å²) in [7, 11) is 0. The van der Waals surface area contributed by atoms with Crippen molar-refractivity contribution >= 4 is 23.4 Å². The quantitative estimate of drug-likeness (QED) is 0.282. The first kappa shape index (κ1) is 22.0. The summed E-state index contributed by atoms with van der Waals surface area (Å²) in [5, 5.41) is 22.9. The van der Waals surface area contributed by atoms with E-state index >= 15 is 0 Å². The molecule has 0 spiro atoms. The van der Waals surface area contributed by atoms with Crippen LogP contribution in [0.2, 0.25) is 0 Å². The Morgan fingerprint density at radius 1 is 1.09 bits per heavy atom. The minimum Gasteiger partial charge on any atom is -0.416 e. The van der Waals surface area contributed by atoms with Crippen LogP contribution in [-0.2, 0) is 12.3 Å². The van der Waals surface area contributed by atoms with E-state index in [4.69, 9.17) is 4.42 Å². The molecule has 1 saturated carbocycles. The zero-order valence-corrected chi connectivity index (χ0v) is 18.3. The Hall–Kier alpha value is -3.20. The lowest BCUT2D eigenvalue weighted by molar-refractivity contribution is -0.384. The number of nitro benzene ring substituents is 1. The number of carbonyl (C=O) groups excluding carboxylic acids is 1. The van der Waals surface area contributed by atoms with Gasteiger partial charge in [0.1, 0.15) is 0 Å². The van der Waals surface area contributed by atoms with E-state index in [1.165, 1.54) is 43.2 Å². The van der Waals surface area contributed by atoms with Crippen molar-refractivity contribution in [3.8, 4) is 0 Å². The molecular formula is C23H24N4O4S. The molecule has 0 aliphatic heterocycles. The molecule has 1 N–H and O–H groups in total. The van der Waals surface area contributed by atoms with Gasteiger partial charge in [-0.25, -0.2) is 0 Å². The molecule has 0 bridgehead atoms. The molecule has 0 radical (unpaired) electrons. The van der Waals surface area contributed by atoms with E-state index in [1.54, 1.807) is 6.07 Å². The van der Waals surface area contributed by atoms with Gasteiger partial charge < -0.3 is 9.73 Å². The number of hydrogen-bond donors (Lipinski definition) is 1. The van der Waals surface area contributed by atoms with E-state index < -0.39 is 4.92 Å². The van der Waals surface area contributed by atoms with Crippen molar-refractivity contribution in [3.63, 3.8) is 0 Å². The highest BCUT2D eigenvalue weighted by molar-refractivity contribution is 7.98. The third kappa shape index (κ3) is 5.73. The number of thioether (sulfide) groups is 1. The first-order valence-electron chi connectivity index (χ1n) is 10.6. The van der Waals surface area contributed by atoms with Crippen molar-refractivity contribution in [2.24, 2.45) is 0 Å². The van der Waals surface area contributed by atoms with Crippen LogP contribution in [0.4, 0.5) is 5.69 Å². The first-order chi connectivity index (χ1) is 15.6. The van der Waals surface area contributed by atoms with Crippen molar-refractivity contribution in [2.75, 3.05) is 0 Å². The fraction of sp³-hybridized carbons (Fsp3) is 0.348. The van der Waals surface area contributed by atoms with Gasteiger partial charge in [-0.15, -0.1) is 10.2 Å². The summed E-state index contributed by atoms with van der Waals surface area (Å²) in [5.41, 5.74) is 1.72. The van der Waals surface area contributed by atoms with Crippen molar-refractivity contribution in [2.45, 2.75) is 55.5 Å². The molecule has 2 aromatic carbocycles. The third-order valence-electron chi connectivity index (χ3n) is 5.49. The van der Waals surface area contributed by atoms with Gasteiger partial charge in [0.25, 0.3) is 16.8 Å². The summed E-state index contributed by atoms with van der Waals surface area (Å²) in [6, 6.07) is 13.9. The average Bonchev–Trinajstić information content (AvgIpc) is 3.31. The molecule has 8 nitrogen and oxygen atoms in total. The summed E-state index contributed by atoms with van der Waals surface area (Å²) in [6.45, 7) is 0.346. The maximum atomic E-state index is 12.6. The zero-order valence-electron chi connectivity index (χ0n) is 17.5. The van der Waals surface area contributed by atoms with Gasteiger partial charge in [0.2, 0.25) is 5.89 Å². The summed E-state index contributed by atoms with van der Waals surface area (Å²) in [5.74, 6) is 1.02. The van der Waals surface area contributed by atoms with Crippen LogP contribution in [0.15, 0.2) is 58.2 Å². The molecule has 3 aromatic rings. The van der Waals surface area contributed by atoms with Crippen LogP contribution in [-0.4, -0.2) is 21.0 Å². The smallest absolute Gasteiger partial charge is 0.276 e. The zero-order chi connectivity index (χ0) is 22.3. The van der Waals surface area contributed by atoms with Crippen molar-refractivity contribution in [1.82, 2.24) is 15.5 Å². The fourth-order valence-electron chi connectivity index (χ4n) is 3.81. The Labute approximate surface area is 190 Å². The largest absolute Gasteiger partial charge is 0.416 e. The summed E-state index contributed by atoms with van der Waals surface area (Å²) < 4.78 is 5.82. The molecule has 166 valence electrons.